The summed E-state index contributed by atoms with van der Waals surface area (Å²) in [5.74, 6) is 0. The number of aromatic nitrogens is 1. The van der Waals surface area contributed by atoms with Crippen LogP contribution in [0.4, 0.5) is 11.4 Å². The third-order valence-corrected chi connectivity index (χ3v) is 4.86. The van der Waals surface area contributed by atoms with Gasteiger partial charge in [0.1, 0.15) is 4.90 Å². The molecule has 1 heterocycles. The Hall–Kier alpha value is -1.60. The van der Waals surface area contributed by atoms with E-state index in [1.54, 1.807) is 18.3 Å². The van der Waals surface area contributed by atoms with Gasteiger partial charge in [-0.25, -0.2) is 8.42 Å². The van der Waals surface area contributed by atoms with Crippen molar-refractivity contribution in [3.05, 3.63) is 46.7 Å². The molecule has 0 saturated carbocycles. The minimum atomic E-state index is -3.71. The van der Waals surface area contributed by atoms with E-state index in [0.717, 1.165) is 5.56 Å². The van der Waals surface area contributed by atoms with Gasteiger partial charge in [0, 0.05) is 23.4 Å². The van der Waals surface area contributed by atoms with Crippen LogP contribution in [-0.2, 0) is 10.0 Å². The van der Waals surface area contributed by atoms with Crippen molar-refractivity contribution < 1.29 is 8.42 Å². The van der Waals surface area contributed by atoms with Crippen molar-refractivity contribution in [2.75, 3.05) is 16.6 Å². The smallest absolute Gasteiger partial charge is 0.265 e. The first-order valence-electron chi connectivity index (χ1n) is 6.41. The summed E-state index contributed by atoms with van der Waals surface area (Å²) in [6.07, 6.45) is 2.89. The fourth-order valence-corrected chi connectivity index (χ4v) is 3.76. The van der Waals surface area contributed by atoms with Crippen LogP contribution in [0.1, 0.15) is 12.5 Å². The number of benzene rings is 1. The summed E-state index contributed by atoms with van der Waals surface area (Å²) in [5, 5.41) is 3.02. The van der Waals surface area contributed by atoms with Gasteiger partial charge in [-0.3, -0.25) is 9.71 Å². The van der Waals surface area contributed by atoms with Crippen LogP contribution >= 0.6 is 15.9 Å². The second-order valence-electron chi connectivity index (χ2n) is 4.49. The van der Waals surface area contributed by atoms with Crippen molar-refractivity contribution >= 4 is 37.3 Å². The second-order valence-corrected chi connectivity index (χ2v) is 7.00. The SMILES string of the molecule is CCNc1ccncc1S(=O)(=O)Nc1ccc(C)cc1Br. The molecule has 1 aromatic carbocycles. The normalized spacial score (nSPS) is 11.2. The van der Waals surface area contributed by atoms with Gasteiger partial charge in [-0.2, -0.15) is 0 Å². The average molecular weight is 370 g/mol. The lowest BCUT2D eigenvalue weighted by atomic mass is 10.2. The number of hydrogen-bond acceptors (Lipinski definition) is 4. The number of sulfonamides is 1. The predicted octanol–water partition coefficient (Wildman–Crippen LogP) is 3.39. The molecule has 0 aliphatic carbocycles. The lowest BCUT2D eigenvalue weighted by molar-refractivity contribution is 0.601. The van der Waals surface area contributed by atoms with Crippen LogP contribution in [0, 0.1) is 6.92 Å². The van der Waals surface area contributed by atoms with Crippen LogP contribution < -0.4 is 10.0 Å². The highest BCUT2D eigenvalue weighted by molar-refractivity contribution is 9.10. The molecule has 0 unspecified atom stereocenters. The highest BCUT2D eigenvalue weighted by atomic mass is 79.9. The Morgan fingerprint density at radius 3 is 2.67 bits per heavy atom. The first kappa shape index (κ1) is 15.8. The third-order valence-electron chi connectivity index (χ3n) is 2.81. The monoisotopic (exact) mass is 369 g/mol. The van der Waals surface area contributed by atoms with E-state index in [4.69, 9.17) is 0 Å². The van der Waals surface area contributed by atoms with Crippen LogP contribution in [0.15, 0.2) is 46.0 Å². The molecule has 0 aliphatic rings. The minimum Gasteiger partial charge on any atom is -0.384 e. The van der Waals surface area contributed by atoms with Crippen LogP contribution in [0.5, 0.6) is 0 Å². The summed E-state index contributed by atoms with van der Waals surface area (Å²) in [7, 11) is -3.71. The zero-order valence-electron chi connectivity index (χ0n) is 11.7. The van der Waals surface area contributed by atoms with Crippen molar-refractivity contribution in [1.29, 1.82) is 0 Å². The molecule has 2 aromatic rings. The quantitative estimate of drug-likeness (QED) is 0.847. The van der Waals surface area contributed by atoms with Gasteiger partial charge in [-0.05, 0) is 53.5 Å². The highest BCUT2D eigenvalue weighted by Gasteiger charge is 2.19. The summed E-state index contributed by atoms with van der Waals surface area (Å²) in [4.78, 5) is 4.03. The zero-order chi connectivity index (χ0) is 15.5. The molecule has 5 nitrogen and oxygen atoms in total. The summed E-state index contributed by atoms with van der Waals surface area (Å²) in [6.45, 7) is 4.47. The molecule has 0 amide bonds. The summed E-state index contributed by atoms with van der Waals surface area (Å²) in [5.41, 5.74) is 2.06. The lowest BCUT2D eigenvalue weighted by Crippen LogP contribution is -2.16. The van der Waals surface area contributed by atoms with Crippen molar-refractivity contribution in [3.63, 3.8) is 0 Å². The number of rotatable bonds is 5. The minimum absolute atomic E-state index is 0.124. The molecular formula is C14H16BrN3O2S. The molecule has 0 fully saturated rings. The second kappa shape index (κ2) is 6.44. The van der Waals surface area contributed by atoms with Crippen molar-refractivity contribution in [3.8, 4) is 0 Å². The van der Waals surface area contributed by atoms with Gasteiger partial charge in [-0.15, -0.1) is 0 Å². The van der Waals surface area contributed by atoms with Gasteiger partial charge in [-0.1, -0.05) is 6.07 Å². The Balaban J connectivity index is 2.39. The number of pyridine rings is 1. The molecule has 21 heavy (non-hydrogen) atoms. The van der Waals surface area contributed by atoms with E-state index in [2.05, 4.69) is 31.0 Å². The zero-order valence-corrected chi connectivity index (χ0v) is 14.1. The van der Waals surface area contributed by atoms with Crippen molar-refractivity contribution in [1.82, 2.24) is 4.98 Å². The van der Waals surface area contributed by atoms with Gasteiger partial charge < -0.3 is 5.32 Å². The first-order chi connectivity index (χ1) is 9.94. The predicted molar refractivity (Wildman–Crippen MR) is 88.1 cm³/mol. The van der Waals surface area contributed by atoms with Gasteiger partial charge in [0.05, 0.1) is 11.4 Å². The number of aryl methyl sites for hydroxylation is 1. The molecule has 2 N–H and O–H groups in total. The molecule has 112 valence electrons. The van der Waals surface area contributed by atoms with Gasteiger partial charge in [0.15, 0.2) is 0 Å². The summed E-state index contributed by atoms with van der Waals surface area (Å²) >= 11 is 3.36. The molecule has 0 bridgehead atoms. The van der Waals surface area contributed by atoms with E-state index in [9.17, 15) is 8.42 Å². The average Bonchev–Trinajstić information content (AvgIpc) is 2.43. The standard InChI is InChI=1S/C14H16BrN3O2S/c1-3-17-13-6-7-16-9-14(13)21(19,20)18-12-5-4-10(2)8-11(12)15/h4-9,18H,3H2,1-2H3,(H,16,17). The Labute approximate surface area is 133 Å². The highest BCUT2D eigenvalue weighted by Crippen LogP contribution is 2.28. The summed E-state index contributed by atoms with van der Waals surface area (Å²) < 4.78 is 28.3. The Kier molecular flexibility index (Phi) is 4.84. The number of hydrogen-bond donors (Lipinski definition) is 2. The van der Waals surface area contributed by atoms with Crippen LogP contribution in [0.3, 0.4) is 0 Å². The molecule has 0 aliphatic heterocycles. The number of halogens is 1. The third kappa shape index (κ3) is 3.74. The maximum absolute atomic E-state index is 12.5. The largest absolute Gasteiger partial charge is 0.384 e. The molecule has 0 radical (unpaired) electrons. The lowest BCUT2D eigenvalue weighted by Gasteiger charge is -2.13. The maximum Gasteiger partial charge on any atom is 0.265 e. The Morgan fingerprint density at radius 2 is 2.00 bits per heavy atom. The van der Waals surface area contributed by atoms with Crippen molar-refractivity contribution in [2.24, 2.45) is 0 Å². The molecule has 0 spiro atoms. The first-order valence-corrected chi connectivity index (χ1v) is 8.68. The fourth-order valence-electron chi connectivity index (χ4n) is 1.83. The van der Waals surface area contributed by atoms with Gasteiger partial charge in [0.25, 0.3) is 10.0 Å². The Morgan fingerprint density at radius 1 is 1.24 bits per heavy atom. The molecule has 1 aromatic heterocycles. The maximum atomic E-state index is 12.5. The van der Waals surface area contributed by atoms with Gasteiger partial charge in [0.2, 0.25) is 0 Å². The van der Waals surface area contributed by atoms with Crippen molar-refractivity contribution in [2.45, 2.75) is 18.7 Å². The molecule has 7 heteroatoms. The molecule has 0 atom stereocenters. The number of nitrogens with zero attached hydrogens (tertiary/aromatic N) is 1. The van der Waals surface area contributed by atoms with E-state index in [1.165, 1.54) is 6.20 Å². The molecular weight excluding hydrogens is 354 g/mol. The van der Waals surface area contributed by atoms with Crippen LogP contribution in [0.2, 0.25) is 0 Å². The fraction of sp³-hybridized carbons (Fsp3) is 0.214. The van der Waals surface area contributed by atoms with E-state index >= 15 is 0 Å². The summed E-state index contributed by atoms with van der Waals surface area (Å²) in [6, 6.07) is 7.06. The topological polar surface area (TPSA) is 71.1 Å². The van der Waals surface area contributed by atoms with Crippen LogP contribution in [-0.4, -0.2) is 19.9 Å². The Bertz CT molecular complexity index is 748. The number of anilines is 2. The molecule has 0 saturated heterocycles. The van der Waals surface area contributed by atoms with E-state index < -0.39 is 10.0 Å². The van der Waals surface area contributed by atoms with E-state index in [0.29, 0.717) is 22.4 Å². The molecule has 2 rings (SSSR count). The van der Waals surface area contributed by atoms with E-state index in [1.807, 2.05) is 26.0 Å². The number of nitrogens with one attached hydrogen (secondary N) is 2. The van der Waals surface area contributed by atoms with Gasteiger partial charge >= 0.3 is 0 Å². The van der Waals surface area contributed by atoms with Crippen LogP contribution in [0.25, 0.3) is 0 Å². The van der Waals surface area contributed by atoms with E-state index in [-0.39, 0.29) is 4.90 Å².